The van der Waals surface area contributed by atoms with Crippen LogP contribution in [0.5, 0.6) is 0 Å². The lowest BCUT2D eigenvalue weighted by atomic mass is 9.94. The lowest BCUT2D eigenvalue weighted by molar-refractivity contribution is -0.163. The van der Waals surface area contributed by atoms with Crippen LogP contribution in [0.2, 0.25) is 0 Å². The van der Waals surface area contributed by atoms with Crippen molar-refractivity contribution >= 4 is 53.4 Å². The van der Waals surface area contributed by atoms with Crippen molar-refractivity contribution in [3.63, 3.8) is 0 Å². The fourth-order valence-corrected chi connectivity index (χ4v) is 5.80. The molecule has 1 atom stereocenters. The predicted octanol–water partition coefficient (Wildman–Crippen LogP) is 3.13. The molecule has 2 aromatic carbocycles. The highest BCUT2D eigenvalue weighted by Crippen LogP contribution is 2.19. The molecule has 0 unspecified atom stereocenters. The van der Waals surface area contributed by atoms with Crippen molar-refractivity contribution in [1.29, 1.82) is 0 Å². The summed E-state index contributed by atoms with van der Waals surface area (Å²) >= 11 is 0. The van der Waals surface area contributed by atoms with Crippen molar-refractivity contribution in [2.75, 3.05) is 0 Å². The van der Waals surface area contributed by atoms with Crippen LogP contribution >= 0.6 is 0 Å². The first-order chi connectivity index (χ1) is 30.7. The number of carbonyl (C=O) groups is 9. The molecule has 0 saturated heterocycles. The second-order valence-corrected chi connectivity index (χ2v) is 21.5. The number of ether oxygens (including phenoxy) is 2. The van der Waals surface area contributed by atoms with E-state index in [9.17, 15) is 43.2 Å². The molecule has 2 rings (SSSR count). The van der Waals surface area contributed by atoms with E-state index in [1.54, 1.807) is 75.4 Å². The summed E-state index contributed by atoms with van der Waals surface area (Å²) < 4.78 is 10.8. The molecule has 8 N–H and O–H groups in total. The Morgan fingerprint density at radius 3 is 1.03 bits per heavy atom. The molecular formula is C49H74N8O11. The zero-order valence-corrected chi connectivity index (χ0v) is 42.8. The lowest BCUT2D eigenvalue weighted by Crippen LogP contribution is -2.69. The van der Waals surface area contributed by atoms with Gasteiger partial charge in [0.05, 0.1) is 0 Å². The van der Waals surface area contributed by atoms with Gasteiger partial charge in [-0.3, -0.25) is 33.6 Å². The number of hydrogen-bond donors (Lipinski definition) is 8. The number of alkyl carbamates (subject to hydrolysis) is 1. The van der Waals surface area contributed by atoms with Crippen LogP contribution in [0.4, 0.5) is 4.79 Å². The van der Waals surface area contributed by atoms with Crippen molar-refractivity contribution < 1.29 is 52.6 Å². The first-order valence-corrected chi connectivity index (χ1v) is 22.3. The largest absolute Gasteiger partial charge is 0.458 e. The molecule has 0 aliphatic rings. The first kappa shape index (κ1) is 57.6. The van der Waals surface area contributed by atoms with Gasteiger partial charge in [0.15, 0.2) is 0 Å². The van der Waals surface area contributed by atoms with Gasteiger partial charge in [-0.05, 0) is 129 Å². The molecule has 0 aliphatic carbocycles. The molecule has 376 valence electrons. The minimum atomic E-state index is -1.68. The van der Waals surface area contributed by atoms with E-state index >= 15 is 0 Å². The average molecular weight is 951 g/mol. The smallest absolute Gasteiger partial charge is 0.408 e. The van der Waals surface area contributed by atoms with Crippen LogP contribution in [0.25, 0.3) is 0 Å². The Labute approximate surface area is 400 Å². The third-order valence-corrected chi connectivity index (χ3v) is 10.4. The maximum Gasteiger partial charge on any atom is 0.408 e. The fourth-order valence-electron chi connectivity index (χ4n) is 5.80. The number of nitrogens with one attached hydrogen (secondary N) is 8. The third kappa shape index (κ3) is 17.3. The van der Waals surface area contributed by atoms with Crippen LogP contribution in [0.15, 0.2) is 60.7 Å². The second kappa shape index (κ2) is 21.6. The van der Waals surface area contributed by atoms with Crippen molar-refractivity contribution in [2.45, 2.75) is 181 Å². The Morgan fingerprint density at radius 2 is 0.706 bits per heavy atom. The summed E-state index contributed by atoms with van der Waals surface area (Å²) in [6.07, 6.45) is -0.781. The maximum absolute atomic E-state index is 13.7. The minimum Gasteiger partial charge on any atom is -0.458 e. The van der Waals surface area contributed by atoms with E-state index in [0.29, 0.717) is 0 Å². The predicted molar refractivity (Wildman–Crippen MR) is 255 cm³/mol. The Morgan fingerprint density at radius 1 is 0.412 bits per heavy atom. The average Bonchev–Trinajstić information content (AvgIpc) is 3.18. The summed E-state index contributed by atoms with van der Waals surface area (Å²) in [5.41, 5.74) is -10.6. The van der Waals surface area contributed by atoms with Crippen LogP contribution in [-0.2, 0) is 60.9 Å². The van der Waals surface area contributed by atoms with E-state index in [2.05, 4.69) is 42.5 Å². The zero-order chi connectivity index (χ0) is 52.5. The monoisotopic (exact) mass is 951 g/mol. The summed E-state index contributed by atoms with van der Waals surface area (Å²) in [4.78, 5) is 121. The van der Waals surface area contributed by atoms with E-state index in [-0.39, 0.29) is 13.0 Å². The Hall–Kier alpha value is -6.53. The van der Waals surface area contributed by atoms with Crippen LogP contribution in [0.3, 0.4) is 0 Å². The summed E-state index contributed by atoms with van der Waals surface area (Å²) in [5.74, 6) is -5.99. The number of hydrogen-bond acceptors (Lipinski definition) is 11. The fraction of sp³-hybridized carbons (Fsp3) is 0.571. The van der Waals surface area contributed by atoms with Gasteiger partial charge in [0.1, 0.15) is 57.0 Å². The Bertz CT molecular complexity index is 2190. The van der Waals surface area contributed by atoms with Crippen molar-refractivity contribution in [2.24, 2.45) is 0 Å². The van der Waals surface area contributed by atoms with Gasteiger partial charge in [0.25, 0.3) is 0 Å². The molecule has 0 bridgehead atoms. The number of carbonyl (C=O) groups excluding carboxylic acids is 9. The van der Waals surface area contributed by atoms with Gasteiger partial charge in [-0.2, -0.15) is 0 Å². The SMILES string of the molecule is CC(C)(C)OC(=O)C(C)(C)NC(=O)C(C)(C)NC(=O)C(C)(C)NC(=O)C(C)(C)NC(=O)C(C)(C)NC(=O)C(C)(C)NC(=O)C(C)(C)NC(=O)[C@H](Cc1ccccc1)NC(=O)OCc1ccccc1. The van der Waals surface area contributed by atoms with Gasteiger partial charge >= 0.3 is 12.1 Å². The minimum absolute atomic E-state index is 0.0366. The molecule has 0 fully saturated rings. The van der Waals surface area contributed by atoms with Crippen LogP contribution in [0, 0.1) is 0 Å². The van der Waals surface area contributed by atoms with Gasteiger partial charge in [0, 0.05) is 6.42 Å². The Balaban J connectivity index is 2.09. The molecular weight excluding hydrogens is 877 g/mol. The highest BCUT2D eigenvalue weighted by Gasteiger charge is 2.45. The Kier molecular flexibility index (Phi) is 18.3. The van der Waals surface area contributed by atoms with E-state index in [0.717, 1.165) is 11.1 Å². The van der Waals surface area contributed by atoms with Crippen LogP contribution in [-0.4, -0.2) is 104 Å². The molecule has 68 heavy (non-hydrogen) atoms. The normalized spacial score (nSPS) is 13.1. The maximum atomic E-state index is 13.7. The topological polar surface area (TPSA) is 268 Å². The number of amides is 8. The molecule has 0 aromatic heterocycles. The molecule has 0 spiro atoms. The lowest BCUT2D eigenvalue weighted by Gasteiger charge is -2.37. The molecule has 19 nitrogen and oxygen atoms in total. The van der Waals surface area contributed by atoms with Crippen LogP contribution in [0.1, 0.15) is 129 Å². The van der Waals surface area contributed by atoms with E-state index in [4.69, 9.17) is 9.47 Å². The standard InChI is InChI=1S/C49H74N8O11/c1-42(2,3)68-40(65)49(16,17)57-39(64)48(14,15)56-38(63)47(12,13)55-37(62)46(10,11)54-36(61)45(8,9)53-35(60)44(6,7)52-34(59)43(4,5)51-33(58)32(28-30-24-20-18-21-25-30)50-41(66)67-29-31-26-22-19-23-27-31/h18-27,32H,28-29H2,1-17H3,(H,50,66)(H,51,58)(H,52,59)(H,53,60)(H,54,61)(H,55,62)(H,56,63)(H,57,64)/t32-/m0/s1. The summed E-state index contributed by atoms with van der Waals surface area (Å²) in [6.45, 7) is 24.8. The van der Waals surface area contributed by atoms with Gasteiger partial charge < -0.3 is 52.0 Å². The highest BCUT2D eigenvalue weighted by molar-refractivity contribution is 6.02. The summed E-state index contributed by atoms with van der Waals surface area (Å²) in [5, 5.41) is 20.9. The van der Waals surface area contributed by atoms with E-state index < -0.39 is 104 Å². The number of esters is 1. The van der Waals surface area contributed by atoms with E-state index in [1.807, 2.05) is 6.07 Å². The molecule has 0 heterocycles. The molecule has 0 radical (unpaired) electrons. The van der Waals surface area contributed by atoms with Crippen molar-refractivity contribution in [1.82, 2.24) is 42.5 Å². The molecule has 8 amide bonds. The molecule has 0 saturated carbocycles. The zero-order valence-electron chi connectivity index (χ0n) is 42.8. The van der Waals surface area contributed by atoms with E-state index in [1.165, 1.54) is 96.9 Å². The van der Waals surface area contributed by atoms with Gasteiger partial charge in [-0.1, -0.05) is 60.7 Å². The number of benzene rings is 2. The van der Waals surface area contributed by atoms with Crippen molar-refractivity contribution in [3.8, 4) is 0 Å². The van der Waals surface area contributed by atoms with Gasteiger partial charge in [0.2, 0.25) is 41.4 Å². The first-order valence-electron chi connectivity index (χ1n) is 22.3. The molecule has 0 aliphatic heterocycles. The van der Waals surface area contributed by atoms with Gasteiger partial charge in [-0.25, -0.2) is 9.59 Å². The third-order valence-electron chi connectivity index (χ3n) is 10.4. The number of rotatable bonds is 20. The quantitative estimate of drug-likeness (QED) is 0.0894. The van der Waals surface area contributed by atoms with Gasteiger partial charge in [-0.15, -0.1) is 0 Å². The summed E-state index contributed by atoms with van der Waals surface area (Å²) in [6, 6.07) is 16.7. The molecule has 2 aromatic rings. The van der Waals surface area contributed by atoms with Crippen molar-refractivity contribution in [3.05, 3.63) is 71.8 Å². The van der Waals surface area contributed by atoms with Crippen LogP contribution < -0.4 is 42.5 Å². The molecule has 19 heteroatoms. The summed E-state index contributed by atoms with van der Waals surface area (Å²) in [7, 11) is 0. The second-order valence-electron chi connectivity index (χ2n) is 21.5. The highest BCUT2D eigenvalue weighted by atomic mass is 16.6.